The zero-order valence-corrected chi connectivity index (χ0v) is 17.2. The van der Waals surface area contributed by atoms with E-state index >= 15 is 0 Å². The van der Waals surface area contributed by atoms with E-state index in [2.05, 4.69) is 21.4 Å². The van der Waals surface area contributed by atoms with Crippen LogP contribution < -0.4 is 21.4 Å². The number of urea groups is 1. The molecular weight excluding hydrogens is 390 g/mol. The highest BCUT2D eigenvalue weighted by Gasteiger charge is 2.52. The minimum Gasteiger partial charge on any atom is -0.450 e. The third-order valence-corrected chi connectivity index (χ3v) is 5.39. The number of carbonyl (C=O) groups is 4. The molecule has 3 rings (SSSR count). The van der Waals surface area contributed by atoms with E-state index in [-0.39, 0.29) is 13.2 Å². The Morgan fingerprint density at radius 2 is 1.87 bits per heavy atom. The Labute approximate surface area is 174 Å². The molecule has 1 aliphatic heterocycles. The van der Waals surface area contributed by atoms with Gasteiger partial charge in [0.05, 0.1) is 13.2 Å². The molecule has 5 amide bonds. The third-order valence-electron chi connectivity index (χ3n) is 5.39. The number of nitrogens with one attached hydrogen (secondary N) is 4. The second-order valence-corrected chi connectivity index (χ2v) is 7.43. The lowest BCUT2D eigenvalue weighted by Crippen LogP contribution is -2.51. The molecular formula is C20H27N5O5. The van der Waals surface area contributed by atoms with E-state index in [9.17, 15) is 19.2 Å². The fourth-order valence-corrected chi connectivity index (χ4v) is 3.80. The lowest BCUT2D eigenvalue weighted by Gasteiger charge is -2.30. The summed E-state index contributed by atoms with van der Waals surface area (Å²) < 4.78 is 4.87. The molecule has 1 aliphatic carbocycles. The quantitative estimate of drug-likeness (QED) is 0.526. The largest absolute Gasteiger partial charge is 0.450 e. The summed E-state index contributed by atoms with van der Waals surface area (Å²) in [5, 5.41) is 9.12. The predicted molar refractivity (Wildman–Crippen MR) is 110 cm³/mol. The Morgan fingerprint density at radius 3 is 2.57 bits per heavy atom. The van der Waals surface area contributed by atoms with E-state index in [0.717, 1.165) is 29.8 Å². The summed E-state index contributed by atoms with van der Waals surface area (Å²) in [4.78, 5) is 48.9. The molecule has 0 bridgehead atoms. The van der Waals surface area contributed by atoms with Crippen molar-refractivity contribution in [3.63, 3.8) is 0 Å². The molecule has 1 saturated heterocycles. The Hall–Kier alpha value is -3.30. The van der Waals surface area contributed by atoms with Crippen molar-refractivity contribution >= 4 is 35.3 Å². The first-order chi connectivity index (χ1) is 14.4. The minimum absolute atomic E-state index is 0.159. The molecule has 10 nitrogen and oxygen atoms in total. The number of hydrogen-bond acceptors (Lipinski definition) is 6. The lowest BCUT2D eigenvalue weighted by molar-refractivity contribution is -0.139. The minimum atomic E-state index is -0.889. The van der Waals surface area contributed by atoms with Crippen LogP contribution in [0.4, 0.5) is 21.0 Å². The maximum Gasteiger partial charge on any atom is 0.411 e. The number of ether oxygens (including phenoxy) is 1. The fraction of sp³-hybridized carbons (Fsp3) is 0.500. The normalized spacial score (nSPS) is 17.5. The van der Waals surface area contributed by atoms with Crippen molar-refractivity contribution in [2.75, 3.05) is 23.8 Å². The second-order valence-electron chi connectivity index (χ2n) is 7.43. The summed E-state index contributed by atoms with van der Waals surface area (Å²) in [5.41, 5.74) is 3.39. The SMILES string of the molecule is CCOC(=O)Nc1cccc(NCC(=O)NN2C(=O)NC3(CCCCC3)C2=O)c1C. The van der Waals surface area contributed by atoms with E-state index in [1.807, 2.05) is 0 Å². The monoisotopic (exact) mass is 417 g/mol. The first kappa shape index (κ1) is 21.4. The van der Waals surface area contributed by atoms with Gasteiger partial charge in [0.25, 0.3) is 11.8 Å². The summed E-state index contributed by atoms with van der Waals surface area (Å²) in [6.07, 6.45) is 3.37. The van der Waals surface area contributed by atoms with E-state index in [1.54, 1.807) is 32.0 Å². The van der Waals surface area contributed by atoms with Gasteiger partial charge in [-0.05, 0) is 44.4 Å². The zero-order valence-electron chi connectivity index (χ0n) is 17.2. The number of carbonyl (C=O) groups excluding carboxylic acids is 4. The van der Waals surface area contributed by atoms with Crippen molar-refractivity contribution in [3.05, 3.63) is 23.8 Å². The molecule has 162 valence electrons. The van der Waals surface area contributed by atoms with Crippen LogP contribution in [-0.2, 0) is 14.3 Å². The zero-order chi connectivity index (χ0) is 21.7. The number of imide groups is 1. The van der Waals surface area contributed by atoms with Gasteiger partial charge in [0, 0.05) is 11.4 Å². The van der Waals surface area contributed by atoms with Crippen molar-refractivity contribution in [2.45, 2.75) is 51.5 Å². The van der Waals surface area contributed by atoms with Crippen molar-refractivity contribution in [1.29, 1.82) is 0 Å². The van der Waals surface area contributed by atoms with Gasteiger partial charge in [0.1, 0.15) is 5.54 Å². The van der Waals surface area contributed by atoms with Crippen molar-refractivity contribution in [2.24, 2.45) is 0 Å². The molecule has 2 aliphatic rings. The van der Waals surface area contributed by atoms with Gasteiger partial charge in [-0.2, -0.15) is 5.01 Å². The van der Waals surface area contributed by atoms with Crippen LogP contribution in [0.5, 0.6) is 0 Å². The number of hydrogen-bond donors (Lipinski definition) is 4. The Kier molecular flexibility index (Phi) is 6.43. The van der Waals surface area contributed by atoms with Crippen LogP contribution in [0.15, 0.2) is 18.2 Å². The summed E-state index contributed by atoms with van der Waals surface area (Å²) in [7, 11) is 0. The van der Waals surface area contributed by atoms with Crippen LogP contribution in [0.3, 0.4) is 0 Å². The van der Waals surface area contributed by atoms with Gasteiger partial charge in [-0.25, -0.2) is 9.59 Å². The van der Waals surface area contributed by atoms with Crippen LogP contribution in [0.2, 0.25) is 0 Å². The maximum atomic E-state index is 12.7. The standard InChI is InChI=1S/C20H27N5O5/c1-3-30-19(29)22-15-9-7-8-14(13(15)2)21-12-16(26)24-25-17(27)20(23-18(25)28)10-5-4-6-11-20/h7-9,21H,3-6,10-12H2,1-2H3,(H,22,29)(H,23,28)(H,24,26). The van der Waals surface area contributed by atoms with Gasteiger partial charge in [0.15, 0.2) is 0 Å². The lowest BCUT2D eigenvalue weighted by atomic mass is 9.82. The van der Waals surface area contributed by atoms with E-state index in [1.165, 1.54) is 0 Å². The fourth-order valence-electron chi connectivity index (χ4n) is 3.80. The predicted octanol–water partition coefficient (Wildman–Crippen LogP) is 2.26. The molecule has 4 N–H and O–H groups in total. The van der Waals surface area contributed by atoms with Crippen molar-refractivity contribution < 1.29 is 23.9 Å². The molecule has 1 heterocycles. The summed E-state index contributed by atoms with van der Waals surface area (Å²) in [6.45, 7) is 3.59. The van der Waals surface area contributed by atoms with E-state index in [4.69, 9.17) is 4.74 Å². The van der Waals surface area contributed by atoms with Crippen LogP contribution in [0.25, 0.3) is 0 Å². The van der Waals surface area contributed by atoms with E-state index in [0.29, 0.717) is 24.2 Å². The number of nitrogens with zero attached hydrogens (tertiary/aromatic N) is 1. The molecule has 10 heteroatoms. The summed E-state index contributed by atoms with van der Waals surface area (Å²) in [6, 6.07) is 4.59. The van der Waals surface area contributed by atoms with Crippen molar-refractivity contribution in [3.8, 4) is 0 Å². The highest BCUT2D eigenvalue weighted by Crippen LogP contribution is 2.33. The average molecular weight is 417 g/mol. The third kappa shape index (κ3) is 4.47. The first-order valence-electron chi connectivity index (χ1n) is 10.1. The van der Waals surface area contributed by atoms with Gasteiger partial charge in [-0.3, -0.25) is 20.3 Å². The second kappa shape index (κ2) is 9.02. The number of anilines is 2. The Morgan fingerprint density at radius 1 is 1.17 bits per heavy atom. The molecule has 1 spiro atoms. The molecule has 30 heavy (non-hydrogen) atoms. The molecule has 1 saturated carbocycles. The summed E-state index contributed by atoms with van der Waals surface area (Å²) >= 11 is 0. The first-order valence-corrected chi connectivity index (χ1v) is 10.1. The smallest absolute Gasteiger partial charge is 0.411 e. The Balaban J connectivity index is 1.58. The van der Waals surface area contributed by atoms with Gasteiger partial charge in [-0.15, -0.1) is 0 Å². The molecule has 0 atom stereocenters. The van der Waals surface area contributed by atoms with Crippen LogP contribution in [-0.4, -0.2) is 47.6 Å². The number of rotatable bonds is 6. The highest BCUT2D eigenvalue weighted by molar-refractivity contribution is 6.08. The van der Waals surface area contributed by atoms with Crippen LogP contribution in [0.1, 0.15) is 44.6 Å². The van der Waals surface area contributed by atoms with Crippen LogP contribution in [0, 0.1) is 6.92 Å². The van der Waals surface area contributed by atoms with Gasteiger partial charge >= 0.3 is 12.1 Å². The van der Waals surface area contributed by atoms with Crippen LogP contribution >= 0.6 is 0 Å². The van der Waals surface area contributed by atoms with Gasteiger partial charge in [-0.1, -0.05) is 25.3 Å². The highest BCUT2D eigenvalue weighted by atomic mass is 16.5. The molecule has 0 unspecified atom stereocenters. The maximum absolute atomic E-state index is 12.7. The molecule has 0 radical (unpaired) electrons. The topological polar surface area (TPSA) is 129 Å². The number of benzene rings is 1. The van der Waals surface area contributed by atoms with Gasteiger partial charge < -0.3 is 15.4 Å². The van der Waals surface area contributed by atoms with Gasteiger partial charge in [0.2, 0.25) is 0 Å². The van der Waals surface area contributed by atoms with Crippen molar-refractivity contribution in [1.82, 2.24) is 15.8 Å². The average Bonchev–Trinajstić information content (AvgIpc) is 2.93. The molecule has 2 fully saturated rings. The summed E-state index contributed by atoms with van der Waals surface area (Å²) in [5.74, 6) is -0.938. The molecule has 1 aromatic rings. The number of amides is 5. The van der Waals surface area contributed by atoms with E-state index < -0.39 is 29.5 Å². The Bertz CT molecular complexity index is 850. The number of hydrazine groups is 1. The molecule has 1 aromatic carbocycles. The molecule has 0 aromatic heterocycles.